The molecule has 0 saturated carbocycles. The second kappa shape index (κ2) is 6.36. The number of nitro groups is 1. The van der Waals surface area contributed by atoms with Crippen LogP contribution in [0.3, 0.4) is 0 Å². The molecular weight excluding hydrogens is 246 g/mol. The van der Waals surface area contributed by atoms with Gasteiger partial charge >= 0.3 is 0 Å². The first-order valence-corrected chi connectivity index (χ1v) is 5.25. The molecule has 5 nitrogen and oxygen atoms in total. The predicted octanol–water partition coefficient (Wildman–Crippen LogP) is 2.05. The van der Waals surface area contributed by atoms with Crippen molar-refractivity contribution in [1.29, 1.82) is 0 Å². The average Bonchev–Trinajstić information content (AvgIpc) is 2.29. The van der Waals surface area contributed by atoms with Gasteiger partial charge in [-0.25, -0.2) is 8.78 Å². The fourth-order valence-electron chi connectivity index (χ4n) is 1.64. The van der Waals surface area contributed by atoms with Gasteiger partial charge in [0.1, 0.15) is 0 Å². The van der Waals surface area contributed by atoms with Gasteiger partial charge in [-0.2, -0.15) is 0 Å². The van der Waals surface area contributed by atoms with Crippen molar-refractivity contribution in [1.82, 2.24) is 0 Å². The number of hydrogen-bond donors (Lipinski definition) is 1. The van der Waals surface area contributed by atoms with E-state index >= 15 is 0 Å². The molecule has 1 aromatic carbocycles. The van der Waals surface area contributed by atoms with Crippen LogP contribution in [0.4, 0.5) is 14.5 Å². The summed E-state index contributed by atoms with van der Waals surface area (Å²) in [6.07, 6.45) is -2.58. The number of hydrogen-bond acceptors (Lipinski definition) is 4. The van der Waals surface area contributed by atoms with Crippen molar-refractivity contribution >= 4 is 5.69 Å². The number of non-ortho nitro benzene ring substituents is 1. The summed E-state index contributed by atoms with van der Waals surface area (Å²) in [7, 11) is 1.46. The Morgan fingerprint density at radius 3 is 2.67 bits per heavy atom. The molecule has 1 aromatic rings. The predicted molar refractivity (Wildman–Crippen MR) is 61.6 cm³/mol. The number of methoxy groups -OCH3 is 1. The van der Waals surface area contributed by atoms with Crippen LogP contribution >= 0.6 is 0 Å². The lowest BCUT2D eigenvalue weighted by molar-refractivity contribution is -0.385. The van der Waals surface area contributed by atoms with Crippen molar-refractivity contribution < 1.29 is 18.4 Å². The molecule has 18 heavy (non-hydrogen) atoms. The Balaban J connectivity index is 3.00. The number of nitrogens with two attached hydrogens (primary N) is 1. The van der Waals surface area contributed by atoms with E-state index < -0.39 is 17.4 Å². The molecule has 0 amide bonds. The summed E-state index contributed by atoms with van der Waals surface area (Å²) in [5.74, 6) is 0. The first-order chi connectivity index (χ1) is 8.45. The van der Waals surface area contributed by atoms with E-state index in [2.05, 4.69) is 0 Å². The zero-order chi connectivity index (χ0) is 13.7. The molecule has 0 bridgehead atoms. The lowest BCUT2D eigenvalue weighted by Gasteiger charge is -2.13. The normalized spacial score (nSPS) is 12.7. The van der Waals surface area contributed by atoms with Crippen LogP contribution < -0.4 is 5.73 Å². The third-order valence-electron chi connectivity index (χ3n) is 2.44. The largest absolute Gasteiger partial charge is 0.383 e. The van der Waals surface area contributed by atoms with Crippen molar-refractivity contribution in [3.05, 3.63) is 39.4 Å². The van der Waals surface area contributed by atoms with E-state index in [4.69, 9.17) is 10.5 Å². The lowest BCUT2D eigenvalue weighted by atomic mass is 10.0. The van der Waals surface area contributed by atoms with Gasteiger partial charge in [0, 0.05) is 30.8 Å². The van der Waals surface area contributed by atoms with Gasteiger partial charge in [-0.1, -0.05) is 6.07 Å². The molecule has 0 aromatic heterocycles. The van der Waals surface area contributed by atoms with Crippen molar-refractivity contribution in [2.75, 3.05) is 13.7 Å². The Hall–Kier alpha value is -1.60. The third-order valence-corrected chi connectivity index (χ3v) is 2.44. The van der Waals surface area contributed by atoms with Crippen LogP contribution in [-0.2, 0) is 11.2 Å². The van der Waals surface area contributed by atoms with Crippen molar-refractivity contribution in [2.24, 2.45) is 5.73 Å². The van der Waals surface area contributed by atoms with Gasteiger partial charge in [0.05, 0.1) is 11.5 Å². The molecular formula is C11H14F2N2O3. The maximum Gasteiger partial charge on any atom is 0.269 e. The maximum atomic E-state index is 12.8. The molecule has 0 aliphatic rings. The van der Waals surface area contributed by atoms with Crippen LogP contribution in [0, 0.1) is 10.1 Å². The van der Waals surface area contributed by atoms with E-state index in [1.54, 1.807) is 0 Å². The Kier molecular flexibility index (Phi) is 5.11. The van der Waals surface area contributed by atoms with Gasteiger partial charge in [-0.05, 0) is 12.0 Å². The first-order valence-electron chi connectivity index (χ1n) is 5.25. The van der Waals surface area contributed by atoms with E-state index in [0.717, 1.165) is 6.07 Å². The Labute approximate surface area is 103 Å². The molecule has 7 heteroatoms. The molecule has 0 heterocycles. The molecule has 0 spiro atoms. The summed E-state index contributed by atoms with van der Waals surface area (Å²) >= 11 is 0. The molecule has 0 fully saturated rings. The highest BCUT2D eigenvalue weighted by Gasteiger charge is 2.19. The number of alkyl halides is 2. The number of nitro benzene ring substituents is 1. The van der Waals surface area contributed by atoms with Crippen molar-refractivity contribution in [3.63, 3.8) is 0 Å². The fourth-order valence-corrected chi connectivity index (χ4v) is 1.64. The minimum Gasteiger partial charge on any atom is -0.383 e. The zero-order valence-electron chi connectivity index (χ0n) is 9.81. The molecule has 1 rings (SSSR count). The van der Waals surface area contributed by atoms with Gasteiger partial charge in [0.2, 0.25) is 0 Å². The molecule has 1 unspecified atom stereocenters. The van der Waals surface area contributed by atoms with Gasteiger partial charge in [0.25, 0.3) is 12.1 Å². The standard InChI is InChI=1S/C11H14F2N2O3/c1-18-6-8(14)4-7-2-3-9(15(16)17)5-10(7)11(12)13/h2-3,5,8,11H,4,6,14H2,1H3. The van der Waals surface area contributed by atoms with Crippen LogP contribution in [0.5, 0.6) is 0 Å². The number of rotatable bonds is 6. The smallest absolute Gasteiger partial charge is 0.269 e. The molecule has 0 aliphatic heterocycles. The van der Waals surface area contributed by atoms with E-state index in [-0.39, 0.29) is 24.3 Å². The monoisotopic (exact) mass is 260 g/mol. The summed E-state index contributed by atoms with van der Waals surface area (Å²) in [4.78, 5) is 9.82. The minimum absolute atomic E-state index is 0.186. The van der Waals surface area contributed by atoms with Gasteiger partial charge in [-0.15, -0.1) is 0 Å². The number of ether oxygens (including phenoxy) is 1. The Morgan fingerprint density at radius 1 is 1.50 bits per heavy atom. The van der Waals surface area contributed by atoms with Crippen LogP contribution in [0.2, 0.25) is 0 Å². The van der Waals surface area contributed by atoms with Crippen LogP contribution in [0.15, 0.2) is 18.2 Å². The second-order valence-electron chi connectivity index (χ2n) is 3.86. The fraction of sp³-hybridized carbons (Fsp3) is 0.455. The highest BCUT2D eigenvalue weighted by Crippen LogP contribution is 2.27. The van der Waals surface area contributed by atoms with E-state index in [0.29, 0.717) is 5.56 Å². The molecule has 100 valence electrons. The maximum absolute atomic E-state index is 12.8. The highest BCUT2D eigenvalue weighted by molar-refractivity contribution is 5.41. The van der Waals surface area contributed by atoms with Crippen LogP contribution in [-0.4, -0.2) is 24.7 Å². The molecule has 2 N–H and O–H groups in total. The topological polar surface area (TPSA) is 78.4 Å². The van der Waals surface area contributed by atoms with Crippen molar-refractivity contribution in [3.8, 4) is 0 Å². The highest BCUT2D eigenvalue weighted by atomic mass is 19.3. The van der Waals surface area contributed by atoms with Gasteiger partial charge in [-0.3, -0.25) is 10.1 Å². The number of benzene rings is 1. The Morgan fingerprint density at radius 2 is 2.17 bits per heavy atom. The van der Waals surface area contributed by atoms with Gasteiger partial charge in [0.15, 0.2) is 0 Å². The summed E-state index contributed by atoms with van der Waals surface area (Å²) in [6.45, 7) is 0.236. The Bertz CT molecular complexity index is 427. The van der Waals surface area contributed by atoms with Gasteiger partial charge < -0.3 is 10.5 Å². The SMILES string of the molecule is COCC(N)Cc1ccc([N+](=O)[O-])cc1C(F)F. The molecule has 1 atom stereocenters. The van der Waals surface area contributed by atoms with E-state index in [1.807, 2.05) is 0 Å². The summed E-state index contributed by atoms with van der Waals surface area (Å²) < 4.78 is 30.4. The van der Waals surface area contributed by atoms with Crippen LogP contribution in [0.1, 0.15) is 17.6 Å². The number of nitrogens with zero attached hydrogens (tertiary/aromatic N) is 1. The number of halogens is 2. The lowest BCUT2D eigenvalue weighted by Crippen LogP contribution is -2.28. The summed E-state index contributed by atoms with van der Waals surface area (Å²) in [6, 6.07) is 2.98. The van der Waals surface area contributed by atoms with Crippen molar-refractivity contribution in [2.45, 2.75) is 18.9 Å². The quantitative estimate of drug-likeness (QED) is 0.627. The zero-order valence-corrected chi connectivity index (χ0v) is 9.81. The van der Waals surface area contributed by atoms with E-state index in [9.17, 15) is 18.9 Å². The minimum atomic E-state index is -2.77. The average molecular weight is 260 g/mol. The summed E-state index contributed by atoms with van der Waals surface area (Å²) in [5.41, 5.74) is 5.28. The second-order valence-corrected chi connectivity index (χ2v) is 3.86. The molecule has 0 saturated heterocycles. The first kappa shape index (κ1) is 14.5. The molecule has 0 aliphatic carbocycles. The van der Waals surface area contributed by atoms with Crippen LogP contribution in [0.25, 0.3) is 0 Å². The third kappa shape index (κ3) is 3.71. The molecule has 0 radical (unpaired) electrons. The summed E-state index contributed by atoms with van der Waals surface area (Å²) in [5, 5.41) is 10.5. The van der Waals surface area contributed by atoms with E-state index in [1.165, 1.54) is 19.2 Å².